The van der Waals surface area contributed by atoms with Gasteiger partial charge in [0.05, 0.1) is 22.6 Å². The van der Waals surface area contributed by atoms with Crippen molar-refractivity contribution in [2.45, 2.75) is 64.5 Å². The Morgan fingerprint density at radius 2 is 1.97 bits per heavy atom. The van der Waals surface area contributed by atoms with Gasteiger partial charge in [-0.1, -0.05) is 12.8 Å². The molecule has 5 rings (SSSR count). The monoisotopic (exact) mass is 454 g/mol. The van der Waals surface area contributed by atoms with Gasteiger partial charge in [0.2, 0.25) is 0 Å². The highest BCUT2D eigenvalue weighted by Gasteiger charge is 2.27. The molecule has 3 aromatic heterocycles. The number of rotatable bonds is 5. The Bertz CT molecular complexity index is 1160. The number of hydrogen-bond acceptors (Lipinski definition) is 6. The van der Waals surface area contributed by atoms with Crippen molar-refractivity contribution in [3.63, 3.8) is 0 Å². The SMILES string of the molecule is Cc1c(C(=O)NCC(c2ccco2)N2CCCCC2)sc2nc3n(c(=O)c12)CCCCC3. The molecule has 1 saturated heterocycles. The highest BCUT2D eigenvalue weighted by atomic mass is 32.1. The van der Waals surface area contributed by atoms with E-state index in [0.29, 0.717) is 28.2 Å². The van der Waals surface area contributed by atoms with E-state index < -0.39 is 0 Å². The lowest BCUT2D eigenvalue weighted by atomic mass is 10.1. The summed E-state index contributed by atoms with van der Waals surface area (Å²) in [5.74, 6) is 1.60. The van der Waals surface area contributed by atoms with Crippen LogP contribution in [0.3, 0.4) is 0 Å². The van der Waals surface area contributed by atoms with Gasteiger partial charge in [-0.15, -0.1) is 11.3 Å². The highest BCUT2D eigenvalue weighted by Crippen LogP contribution is 2.29. The molecule has 0 bridgehead atoms. The van der Waals surface area contributed by atoms with Crippen molar-refractivity contribution in [1.29, 1.82) is 0 Å². The fourth-order valence-corrected chi connectivity index (χ4v) is 6.12. The summed E-state index contributed by atoms with van der Waals surface area (Å²) in [6.45, 7) is 5.08. The fourth-order valence-electron chi connectivity index (χ4n) is 5.02. The van der Waals surface area contributed by atoms with E-state index in [0.717, 1.165) is 55.9 Å². The number of thiophene rings is 1. The maximum atomic E-state index is 13.2. The number of nitrogens with zero attached hydrogens (tertiary/aromatic N) is 3. The molecular formula is C24H30N4O3S. The van der Waals surface area contributed by atoms with E-state index in [1.165, 1.54) is 30.6 Å². The van der Waals surface area contributed by atoms with Crippen LogP contribution in [0.5, 0.6) is 0 Å². The third-order valence-corrected chi connectivity index (χ3v) is 7.96. The van der Waals surface area contributed by atoms with Gasteiger partial charge in [0.1, 0.15) is 16.4 Å². The molecule has 2 aliphatic rings. The van der Waals surface area contributed by atoms with Crippen LogP contribution >= 0.6 is 11.3 Å². The number of likely N-dealkylation sites (tertiary alicyclic amines) is 1. The van der Waals surface area contributed by atoms with Crippen LogP contribution in [0, 0.1) is 6.92 Å². The predicted molar refractivity (Wildman–Crippen MR) is 125 cm³/mol. The zero-order valence-corrected chi connectivity index (χ0v) is 19.4. The maximum absolute atomic E-state index is 13.2. The third-order valence-electron chi connectivity index (χ3n) is 6.78. The summed E-state index contributed by atoms with van der Waals surface area (Å²) in [5, 5.41) is 3.72. The average molecular weight is 455 g/mol. The molecule has 1 amide bonds. The van der Waals surface area contributed by atoms with Crippen LogP contribution in [0.1, 0.15) is 71.4 Å². The number of carbonyl (C=O) groups is 1. The number of aryl methyl sites for hydroxylation is 2. The Labute approximate surface area is 191 Å². The number of amides is 1. The summed E-state index contributed by atoms with van der Waals surface area (Å²) in [7, 11) is 0. The zero-order valence-electron chi connectivity index (χ0n) is 18.6. The lowest BCUT2D eigenvalue weighted by Gasteiger charge is -2.33. The third kappa shape index (κ3) is 4.01. The molecule has 170 valence electrons. The van der Waals surface area contributed by atoms with E-state index in [4.69, 9.17) is 9.40 Å². The second kappa shape index (κ2) is 9.19. The van der Waals surface area contributed by atoms with Crippen LogP contribution in [0.25, 0.3) is 10.2 Å². The first-order valence-corrected chi connectivity index (χ1v) is 12.5. The Balaban J connectivity index is 1.40. The lowest BCUT2D eigenvalue weighted by molar-refractivity contribution is 0.0917. The van der Waals surface area contributed by atoms with E-state index in [2.05, 4.69) is 10.2 Å². The Morgan fingerprint density at radius 1 is 1.19 bits per heavy atom. The summed E-state index contributed by atoms with van der Waals surface area (Å²) in [6.07, 6.45) is 9.28. The van der Waals surface area contributed by atoms with Crippen molar-refractivity contribution in [2.24, 2.45) is 0 Å². The molecule has 1 fully saturated rings. The maximum Gasteiger partial charge on any atom is 0.262 e. The van der Waals surface area contributed by atoms with E-state index in [9.17, 15) is 9.59 Å². The minimum atomic E-state index is -0.140. The van der Waals surface area contributed by atoms with E-state index in [-0.39, 0.29) is 17.5 Å². The van der Waals surface area contributed by atoms with E-state index in [1.807, 2.05) is 23.6 Å². The fraction of sp³-hybridized carbons (Fsp3) is 0.542. The first kappa shape index (κ1) is 21.4. The summed E-state index contributed by atoms with van der Waals surface area (Å²) < 4.78 is 7.52. The quantitative estimate of drug-likeness (QED) is 0.629. The second-order valence-electron chi connectivity index (χ2n) is 8.87. The number of fused-ring (bicyclic) bond motifs is 2. The molecule has 32 heavy (non-hydrogen) atoms. The molecule has 2 aliphatic heterocycles. The van der Waals surface area contributed by atoms with Crippen molar-refractivity contribution in [2.75, 3.05) is 19.6 Å². The number of piperidine rings is 1. The Morgan fingerprint density at radius 3 is 2.75 bits per heavy atom. The molecule has 3 aromatic rings. The first-order chi connectivity index (χ1) is 15.6. The highest BCUT2D eigenvalue weighted by molar-refractivity contribution is 7.20. The average Bonchev–Trinajstić information content (AvgIpc) is 3.37. The van der Waals surface area contributed by atoms with Crippen LogP contribution in [0.4, 0.5) is 0 Å². The van der Waals surface area contributed by atoms with Gasteiger partial charge < -0.3 is 9.73 Å². The number of furan rings is 1. The molecule has 7 nitrogen and oxygen atoms in total. The van der Waals surface area contributed by atoms with Crippen molar-refractivity contribution < 1.29 is 9.21 Å². The van der Waals surface area contributed by atoms with Crippen LogP contribution < -0.4 is 10.9 Å². The molecule has 1 atom stereocenters. The summed E-state index contributed by atoms with van der Waals surface area (Å²) in [5.41, 5.74) is 0.744. The van der Waals surface area contributed by atoms with Crippen LogP contribution in [0.15, 0.2) is 27.6 Å². The summed E-state index contributed by atoms with van der Waals surface area (Å²) in [6, 6.07) is 3.89. The largest absolute Gasteiger partial charge is 0.468 e. The number of carbonyl (C=O) groups excluding carboxylic acids is 1. The van der Waals surface area contributed by atoms with Crippen molar-refractivity contribution in [3.8, 4) is 0 Å². The number of nitrogens with one attached hydrogen (secondary N) is 1. The molecule has 0 spiro atoms. The molecule has 5 heterocycles. The zero-order chi connectivity index (χ0) is 22.1. The molecule has 0 aromatic carbocycles. The minimum absolute atomic E-state index is 0.00137. The molecule has 0 aliphatic carbocycles. The first-order valence-electron chi connectivity index (χ1n) is 11.7. The van der Waals surface area contributed by atoms with Gasteiger partial charge in [0.25, 0.3) is 11.5 Å². The Kier molecular flexibility index (Phi) is 6.15. The van der Waals surface area contributed by atoms with Crippen molar-refractivity contribution >= 4 is 27.5 Å². The van der Waals surface area contributed by atoms with Gasteiger partial charge in [-0.25, -0.2) is 4.98 Å². The minimum Gasteiger partial charge on any atom is -0.468 e. The van der Waals surface area contributed by atoms with Crippen molar-refractivity contribution in [3.05, 3.63) is 50.8 Å². The molecule has 0 radical (unpaired) electrons. The van der Waals surface area contributed by atoms with Gasteiger partial charge in [0, 0.05) is 19.5 Å². The smallest absolute Gasteiger partial charge is 0.262 e. The lowest BCUT2D eigenvalue weighted by Crippen LogP contribution is -2.40. The Hall–Kier alpha value is -2.45. The summed E-state index contributed by atoms with van der Waals surface area (Å²) in [4.78, 5) is 34.8. The van der Waals surface area contributed by atoms with Crippen LogP contribution in [0.2, 0.25) is 0 Å². The van der Waals surface area contributed by atoms with Gasteiger partial charge in [-0.05, 0) is 63.4 Å². The van der Waals surface area contributed by atoms with E-state index in [1.54, 1.807) is 6.26 Å². The predicted octanol–water partition coefficient (Wildman–Crippen LogP) is 4.04. The van der Waals surface area contributed by atoms with E-state index >= 15 is 0 Å². The molecule has 8 heteroatoms. The van der Waals surface area contributed by atoms with Crippen LogP contribution in [-0.4, -0.2) is 40.0 Å². The van der Waals surface area contributed by atoms with Gasteiger partial charge in [0.15, 0.2) is 0 Å². The topological polar surface area (TPSA) is 80.4 Å². The number of aromatic nitrogens is 2. The van der Waals surface area contributed by atoms with Crippen molar-refractivity contribution in [1.82, 2.24) is 19.8 Å². The number of hydrogen-bond donors (Lipinski definition) is 1. The second-order valence-corrected chi connectivity index (χ2v) is 9.87. The summed E-state index contributed by atoms with van der Waals surface area (Å²) >= 11 is 1.34. The van der Waals surface area contributed by atoms with Gasteiger partial charge >= 0.3 is 0 Å². The molecule has 0 saturated carbocycles. The standard InChI is InChI=1S/C24H30N4O3S/c1-16-20-23(26-19-10-4-2-7-13-28(19)24(20)30)32-21(16)22(29)25-15-17(18-9-8-14-31-18)27-11-5-3-6-12-27/h8-9,14,17H,2-7,10-13,15H2,1H3,(H,25,29). The normalized spacial score (nSPS) is 18.3. The van der Waals surface area contributed by atoms with Crippen LogP contribution in [-0.2, 0) is 13.0 Å². The van der Waals surface area contributed by atoms with Gasteiger partial charge in [-0.2, -0.15) is 0 Å². The molecule has 1 N–H and O–H groups in total. The molecule has 1 unspecified atom stereocenters. The van der Waals surface area contributed by atoms with Gasteiger partial charge in [-0.3, -0.25) is 19.1 Å². The molecular weight excluding hydrogens is 424 g/mol.